The predicted octanol–water partition coefficient (Wildman–Crippen LogP) is 0.343. The molecule has 1 aromatic carbocycles. The van der Waals surface area contributed by atoms with Crippen LogP contribution in [0.3, 0.4) is 0 Å². The van der Waals surface area contributed by atoms with Gasteiger partial charge in [0, 0.05) is 12.2 Å². The fourth-order valence-electron chi connectivity index (χ4n) is 2.13. The Balaban J connectivity index is 1.91. The summed E-state index contributed by atoms with van der Waals surface area (Å²) in [6, 6.07) is 6.10. The molecule has 1 aliphatic heterocycles. The molecule has 0 saturated carbocycles. The topological polar surface area (TPSA) is 105 Å². The van der Waals surface area contributed by atoms with Crippen LogP contribution in [-0.2, 0) is 9.53 Å². The number of primary amides is 1. The molecule has 1 aliphatic rings. The van der Waals surface area contributed by atoms with Crippen molar-refractivity contribution < 1.29 is 14.3 Å². The lowest BCUT2D eigenvalue weighted by atomic mass is 10.1. The molecule has 0 bridgehead atoms. The van der Waals surface area contributed by atoms with Crippen LogP contribution in [0, 0.1) is 0 Å². The second-order valence-corrected chi connectivity index (χ2v) is 4.92. The first kappa shape index (κ1) is 15.3. The quantitative estimate of drug-likeness (QED) is 0.642. The number of nitrogens with two attached hydrogens (primary N) is 1. The molecule has 7 nitrogen and oxygen atoms in total. The van der Waals surface area contributed by atoms with Crippen LogP contribution in [0.25, 0.3) is 0 Å². The third kappa shape index (κ3) is 4.44. The van der Waals surface area contributed by atoms with Gasteiger partial charge in [0.2, 0.25) is 5.91 Å². The van der Waals surface area contributed by atoms with Crippen molar-refractivity contribution in [2.45, 2.75) is 19.0 Å². The van der Waals surface area contributed by atoms with E-state index in [4.69, 9.17) is 10.5 Å². The third-order valence-corrected chi connectivity index (χ3v) is 3.28. The molecule has 1 heterocycles. The van der Waals surface area contributed by atoms with Gasteiger partial charge in [0.25, 0.3) is 0 Å². The molecular weight excluding hydrogens is 272 g/mol. The van der Waals surface area contributed by atoms with E-state index in [0.29, 0.717) is 25.4 Å². The van der Waals surface area contributed by atoms with Gasteiger partial charge in [0.1, 0.15) is 6.04 Å². The number of benzene rings is 1. The van der Waals surface area contributed by atoms with Gasteiger partial charge < -0.3 is 26.4 Å². The normalized spacial score (nSPS) is 19.6. The Hall–Kier alpha value is -2.12. The Bertz CT molecular complexity index is 497. The van der Waals surface area contributed by atoms with Crippen LogP contribution >= 0.6 is 0 Å². The first-order chi connectivity index (χ1) is 10.1. The molecule has 0 aliphatic carbocycles. The lowest BCUT2D eigenvalue weighted by Gasteiger charge is -2.25. The number of amides is 3. The molecule has 2 rings (SSSR count). The maximum Gasteiger partial charge on any atom is 0.316 e. The minimum absolute atomic E-state index is 0.0819. The number of hydrogen-bond acceptors (Lipinski definition) is 4. The Kier molecular flexibility index (Phi) is 5.13. The third-order valence-electron chi connectivity index (χ3n) is 3.28. The SMILES string of the molecule is CC(NC(=O)C1COCCN1)c1ccc(NC(N)=O)cc1. The monoisotopic (exact) mass is 292 g/mol. The maximum atomic E-state index is 12.1. The fraction of sp³-hybridized carbons (Fsp3) is 0.429. The summed E-state index contributed by atoms with van der Waals surface area (Å²) in [6.45, 7) is 3.60. The standard InChI is InChI=1S/C14H20N4O3/c1-9(17-13(19)12-8-21-7-6-16-12)10-2-4-11(5-3-10)18-14(15)20/h2-5,9,12,16H,6-8H2,1H3,(H,17,19)(H3,15,18,20). The van der Waals surface area contributed by atoms with Crippen molar-refractivity contribution in [3.05, 3.63) is 29.8 Å². The van der Waals surface area contributed by atoms with Crippen LogP contribution < -0.4 is 21.7 Å². The summed E-state index contributed by atoms with van der Waals surface area (Å²) >= 11 is 0. The summed E-state index contributed by atoms with van der Waals surface area (Å²) in [5.74, 6) is -0.0819. The molecule has 2 atom stereocenters. The minimum Gasteiger partial charge on any atom is -0.378 e. The van der Waals surface area contributed by atoms with Gasteiger partial charge in [-0.2, -0.15) is 0 Å². The van der Waals surface area contributed by atoms with E-state index in [1.165, 1.54) is 0 Å². The van der Waals surface area contributed by atoms with Gasteiger partial charge in [-0.25, -0.2) is 4.79 Å². The van der Waals surface area contributed by atoms with Crippen molar-refractivity contribution in [1.29, 1.82) is 0 Å². The molecule has 2 unspecified atom stereocenters. The number of hydrogen-bond donors (Lipinski definition) is 4. The molecule has 1 aromatic rings. The van der Waals surface area contributed by atoms with Crippen molar-refractivity contribution in [3.63, 3.8) is 0 Å². The Morgan fingerprint density at radius 1 is 1.38 bits per heavy atom. The summed E-state index contributed by atoms with van der Waals surface area (Å²) in [5, 5.41) is 8.53. The highest BCUT2D eigenvalue weighted by Gasteiger charge is 2.22. The molecular formula is C14H20N4O3. The molecule has 5 N–H and O–H groups in total. The second-order valence-electron chi connectivity index (χ2n) is 4.92. The highest BCUT2D eigenvalue weighted by atomic mass is 16.5. The van der Waals surface area contributed by atoms with E-state index in [0.717, 1.165) is 5.56 Å². The minimum atomic E-state index is -0.604. The largest absolute Gasteiger partial charge is 0.378 e. The van der Waals surface area contributed by atoms with Gasteiger partial charge >= 0.3 is 6.03 Å². The van der Waals surface area contributed by atoms with E-state index >= 15 is 0 Å². The van der Waals surface area contributed by atoms with Crippen molar-refractivity contribution in [3.8, 4) is 0 Å². The molecule has 0 radical (unpaired) electrons. The van der Waals surface area contributed by atoms with Gasteiger partial charge in [-0.3, -0.25) is 4.79 Å². The van der Waals surface area contributed by atoms with E-state index in [9.17, 15) is 9.59 Å². The average molecular weight is 292 g/mol. The summed E-state index contributed by atoms with van der Waals surface area (Å²) in [4.78, 5) is 22.8. The summed E-state index contributed by atoms with van der Waals surface area (Å²) in [6.07, 6.45) is 0. The average Bonchev–Trinajstić information content (AvgIpc) is 2.48. The molecule has 0 spiro atoms. The van der Waals surface area contributed by atoms with Gasteiger partial charge in [0.15, 0.2) is 0 Å². The lowest BCUT2D eigenvalue weighted by Crippen LogP contribution is -2.51. The van der Waals surface area contributed by atoms with Crippen molar-refractivity contribution in [2.24, 2.45) is 5.73 Å². The number of carbonyl (C=O) groups is 2. The Morgan fingerprint density at radius 2 is 2.10 bits per heavy atom. The summed E-state index contributed by atoms with van der Waals surface area (Å²) < 4.78 is 5.27. The Labute approximate surface area is 123 Å². The van der Waals surface area contributed by atoms with Crippen LogP contribution in [0.5, 0.6) is 0 Å². The second kappa shape index (κ2) is 7.05. The number of ether oxygens (including phenoxy) is 1. The molecule has 3 amide bonds. The number of rotatable bonds is 4. The maximum absolute atomic E-state index is 12.1. The molecule has 1 saturated heterocycles. The number of urea groups is 1. The summed E-state index contributed by atoms with van der Waals surface area (Å²) in [5.41, 5.74) is 6.60. The van der Waals surface area contributed by atoms with Crippen LogP contribution in [0.1, 0.15) is 18.5 Å². The van der Waals surface area contributed by atoms with Gasteiger partial charge in [-0.1, -0.05) is 12.1 Å². The van der Waals surface area contributed by atoms with E-state index in [-0.39, 0.29) is 18.0 Å². The number of carbonyl (C=O) groups excluding carboxylic acids is 2. The zero-order valence-corrected chi connectivity index (χ0v) is 11.9. The smallest absolute Gasteiger partial charge is 0.316 e. The molecule has 7 heteroatoms. The van der Waals surface area contributed by atoms with E-state index < -0.39 is 6.03 Å². The molecule has 1 fully saturated rings. The van der Waals surface area contributed by atoms with E-state index in [2.05, 4.69) is 16.0 Å². The fourth-order valence-corrected chi connectivity index (χ4v) is 2.13. The lowest BCUT2D eigenvalue weighted by molar-refractivity contribution is -0.126. The van der Waals surface area contributed by atoms with Crippen molar-refractivity contribution >= 4 is 17.6 Å². The van der Waals surface area contributed by atoms with Crippen LogP contribution in [-0.4, -0.2) is 37.7 Å². The highest BCUT2D eigenvalue weighted by molar-refractivity contribution is 5.87. The highest BCUT2D eigenvalue weighted by Crippen LogP contribution is 2.16. The number of anilines is 1. The van der Waals surface area contributed by atoms with Crippen LogP contribution in [0.2, 0.25) is 0 Å². The van der Waals surface area contributed by atoms with Crippen molar-refractivity contribution in [2.75, 3.05) is 25.1 Å². The zero-order valence-electron chi connectivity index (χ0n) is 11.9. The number of morpholine rings is 1. The molecule has 21 heavy (non-hydrogen) atoms. The first-order valence-electron chi connectivity index (χ1n) is 6.84. The first-order valence-corrected chi connectivity index (χ1v) is 6.84. The van der Waals surface area contributed by atoms with E-state index in [1.54, 1.807) is 12.1 Å². The molecule has 0 aromatic heterocycles. The van der Waals surface area contributed by atoms with Gasteiger partial charge in [-0.15, -0.1) is 0 Å². The predicted molar refractivity (Wildman–Crippen MR) is 78.8 cm³/mol. The van der Waals surface area contributed by atoms with E-state index in [1.807, 2.05) is 19.1 Å². The summed E-state index contributed by atoms with van der Waals surface area (Å²) in [7, 11) is 0. The van der Waals surface area contributed by atoms with Crippen LogP contribution in [0.4, 0.5) is 10.5 Å². The van der Waals surface area contributed by atoms with Gasteiger partial charge in [-0.05, 0) is 24.6 Å². The van der Waals surface area contributed by atoms with Crippen LogP contribution in [0.15, 0.2) is 24.3 Å². The zero-order chi connectivity index (χ0) is 15.2. The van der Waals surface area contributed by atoms with Gasteiger partial charge in [0.05, 0.1) is 19.3 Å². The van der Waals surface area contributed by atoms with Crippen molar-refractivity contribution in [1.82, 2.24) is 10.6 Å². The number of nitrogens with one attached hydrogen (secondary N) is 3. The Morgan fingerprint density at radius 3 is 2.67 bits per heavy atom. The molecule has 114 valence electrons.